The first-order valence-electron chi connectivity index (χ1n) is 10.5. The lowest BCUT2D eigenvalue weighted by molar-refractivity contribution is -0.137. The Hall–Kier alpha value is -2.83. The average molecular weight is 432 g/mol. The van der Waals surface area contributed by atoms with Crippen molar-refractivity contribution in [2.45, 2.75) is 39.8 Å². The number of anilines is 1. The number of nitrogens with zero attached hydrogens (tertiary/aromatic N) is 2. The number of carbonyl (C=O) groups excluding carboxylic acids is 2. The van der Waals surface area contributed by atoms with Gasteiger partial charge in [0.05, 0.1) is 5.56 Å². The Morgan fingerprint density at radius 1 is 1.03 bits per heavy atom. The highest BCUT2D eigenvalue weighted by atomic mass is 19.4. The molecule has 1 aliphatic rings. The van der Waals surface area contributed by atoms with Crippen LogP contribution in [0, 0.1) is 19.8 Å². The van der Waals surface area contributed by atoms with Gasteiger partial charge in [0.1, 0.15) is 0 Å². The number of halogens is 3. The van der Waals surface area contributed by atoms with Gasteiger partial charge in [-0.3, -0.25) is 9.59 Å². The van der Waals surface area contributed by atoms with Crippen molar-refractivity contribution >= 4 is 17.5 Å². The molecule has 0 aromatic heterocycles. The summed E-state index contributed by atoms with van der Waals surface area (Å²) in [5.74, 6) is -0.435. The zero-order valence-corrected chi connectivity index (χ0v) is 18.0. The van der Waals surface area contributed by atoms with Crippen LogP contribution in [-0.2, 0) is 11.0 Å². The molecule has 7 heteroatoms. The summed E-state index contributed by atoms with van der Waals surface area (Å²) >= 11 is 0. The van der Waals surface area contributed by atoms with Crippen LogP contribution >= 0.6 is 0 Å². The van der Waals surface area contributed by atoms with Gasteiger partial charge in [0.15, 0.2) is 0 Å². The van der Waals surface area contributed by atoms with Gasteiger partial charge >= 0.3 is 6.18 Å². The fraction of sp³-hybridized carbons (Fsp3) is 0.417. The van der Waals surface area contributed by atoms with Gasteiger partial charge in [-0.05, 0) is 69.5 Å². The molecule has 0 unspecified atom stereocenters. The predicted molar refractivity (Wildman–Crippen MR) is 114 cm³/mol. The van der Waals surface area contributed by atoms with Gasteiger partial charge in [-0.2, -0.15) is 13.2 Å². The van der Waals surface area contributed by atoms with Crippen LogP contribution in [0.3, 0.4) is 0 Å². The number of hydrogen-bond donors (Lipinski definition) is 0. The van der Waals surface area contributed by atoms with Crippen LogP contribution in [0.1, 0.15) is 46.8 Å². The van der Waals surface area contributed by atoms with Gasteiger partial charge in [0.25, 0.3) is 5.91 Å². The summed E-state index contributed by atoms with van der Waals surface area (Å²) in [6.45, 7) is 7.32. The molecule has 4 nitrogen and oxygen atoms in total. The molecule has 0 bridgehead atoms. The van der Waals surface area contributed by atoms with Gasteiger partial charge in [-0.1, -0.05) is 17.7 Å². The molecule has 3 rings (SSSR count). The van der Waals surface area contributed by atoms with E-state index < -0.39 is 11.7 Å². The maximum absolute atomic E-state index is 13.2. The van der Waals surface area contributed by atoms with E-state index in [-0.39, 0.29) is 23.3 Å². The zero-order chi connectivity index (χ0) is 22.8. The van der Waals surface area contributed by atoms with Gasteiger partial charge in [-0.15, -0.1) is 0 Å². The second kappa shape index (κ2) is 9.12. The van der Waals surface area contributed by atoms with Crippen molar-refractivity contribution in [1.29, 1.82) is 0 Å². The molecule has 0 atom stereocenters. The fourth-order valence-corrected chi connectivity index (χ4v) is 4.09. The Balaban J connectivity index is 1.64. The summed E-state index contributed by atoms with van der Waals surface area (Å²) in [4.78, 5) is 29.2. The molecule has 0 N–H and O–H groups in total. The quantitative estimate of drug-likeness (QED) is 0.664. The van der Waals surface area contributed by atoms with Crippen molar-refractivity contribution in [3.8, 4) is 0 Å². The Morgan fingerprint density at radius 3 is 2.16 bits per heavy atom. The molecule has 2 amide bonds. The maximum Gasteiger partial charge on any atom is 0.416 e. The molecule has 0 saturated carbocycles. The Bertz CT molecular complexity index is 946. The van der Waals surface area contributed by atoms with Crippen molar-refractivity contribution in [3.63, 3.8) is 0 Å². The summed E-state index contributed by atoms with van der Waals surface area (Å²) in [5.41, 5.74) is 2.54. The molecule has 166 valence electrons. The lowest BCUT2D eigenvalue weighted by atomic mass is 9.94. The van der Waals surface area contributed by atoms with Gasteiger partial charge in [0, 0.05) is 36.8 Å². The van der Waals surface area contributed by atoms with Crippen LogP contribution in [0.25, 0.3) is 0 Å². The molecule has 2 aromatic carbocycles. The van der Waals surface area contributed by atoms with Crippen LogP contribution in [-0.4, -0.2) is 36.3 Å². The number of amides is 2. The first-order chi connectivity index (χ1) is 14.6. The van der Waals surface area contributed by atoms with E-state index in [1.165, 1.54) is 12.1 Å². The fourth-order valence-electron chi connectivity index (χ4n) is 4.09. The number of piperidine rings is 1. The number of carbonyl (C=O) groups is 2. The molecule has 1 aliphatic heterocycles. The largest absolute Gasteiger partial charge is 0.416 e. The monoisotopic (exact) mass is 432 g/mol. The molecule has 1 saturated heterocycles. The average Bonchev–Trinajstić information content (AvgIpc) is 2.74. The highest BCUT2D eigenvalue weighted by Gasteiger charge is 2.32. The standard InChI is InChI=1S/C24H27F3N2O2/c1-4-29(21-10-5-16(2)15-17(21)3)23(31)19-11-13-28(14-12-19)22(30)18-6-8-20(9-7-18)24(25,26)27/h5-10,15,19H,4,11-14H2,1-3H3. The lowest BCUT2D eigenvalue weighted by Crippen LogP contribution is -2.44. The number of aryl methyl sites for hydroxylation is 2. The second-order valence-electron chi connectivity index (χ2n) is 8.01. The third-order valence-electron chi connectivity index (χ3n) is 5.82. The third kappa shape index (κ3) is 5.09. The molecule has 1 heterocycles. The maximum atomic E-state index is 13.2. The summed E-state index contributed by atoms with van der Waals surface area (Å²) in [6.07, 6.45) is -3.36. The van der Waals surface area contributed by atoms with Crippen LogP contribution in [0.5, 0.6) is 0 Å². The van der Waals surface area contributed by atoms with Crippen molar-refractivity contribution in [1.82, 2.24) is 4.90 Å². The second-order valence-corrected chi connectivity index (χ2v) is 8.01. The minimum atomic E-state index is -4.43. The van der Waals surface area contributed by atoms with E-state index >= 15 is 0 Å². The number of benzene rings is 2. The molecule has 1 fully saturated rings. The number of likely N-dealkylation sites (tertiary alicyclic amines) is 1. The minimum Gasteiger partial charge on any atom is -0.339 e. The SMILES string of the molecule is CCN(C(=O)C1CCN(C(=O)c2ccc(C(F)(F)F)cc2)CC1)c1ccc(C)cc1C. The topological polar surface area (TPSA) is 40.6 Å². The molecule has 0 aliphatic carbocycles. The first-order valence-corrected chi connectivity index (χ1v) is 10.5. The molecule has 2 aromatic rings. The summed E-state index contributed by atoms with van der Waals surface area (Å²) in [7, 11) is 0. The summed E-state index contributed by atoms with van der Waals surface area (Å²) in [6, 6.07) is 10.3. The van der Waals surface area contributed by atoms with Crippen molar-refractivity contribution in [2.75, 3.05) is 24.5 Å². The normalized spacial score (nSPS) is 15.1. The first kappa shape index (κ1) is 22.8. The van der Waals surface area contributed by atoms with E-state index in [9.17, 15) is 22.8 Å². The summed E-state index contributed by atoms with van der Waals surface area (Å²) < 4.78 is 38.2. The smallest absolute Gasteiger partial charge is 0.339 e. The van der Waals surface area contributed by atoms with Crippen LogP contribution < -0.4 is 4.90 Å². The Kier molecular flexibility index (Phi) is 6.72. The minimum absolute atomic E-state index is 0.0519. The van der Waals surface area contributed by atoms with Crippen LogP contribution in [0.15, 0.2) is 42.5 Å². The highest BCUT2D eigenvalue weighted by molar-refractivity contribution is 5.97. The Morgan fingerprint density at radius 2 is 1.65 bits per heavy atom. The van der Waals surface area contributed by atoms with E-state index in [2.05, 4.69) is 6.07 Å². The zero-order valence-electron chi connectivity index (χ0n) is 18.0. The summed E-state index contributed by atoms with van der Waals surface area (Å²) in [5, 5.41) is 0. The molecule has 31 heavy (non-hydrogen) atoms. The lowest BCUT2D eigenvalue weighted by Gasteiger charge is -2.34. The van der Waals surface area contributed by atoms with Crippen LogP contribution in [0.2, 0.25) is 0 Å². The van der Waals surface area contributed by atoms with Crippen molar-refractivity contribution in [2.24, 2.45) is 5.92 Å². The van der Waals surface area contributed by atoms with Gasteiger partial charge in [0.2, 0.25) is 5.91 Å². The molecular weight excluding hydrogens is 405 g/mol. The number of alkyl halides is 3. The van der Waals surface area contributed by atoms with Crippen molar-refractivity contribution < 1.29 is 22.8 Å². The molecule has 0 radical (unpaired) electrons. The van der Waals surface area contributed by atoms with Crippen LogP contribution in [0.4, 0.5) is 18.9 Å². The van der Waals surface area contributed by atoms with E-state index in [4.69, 9.17) is 0 Å². The van der Waals surface area contributed by atoms with Gasteiger partial charge < -0.3 is 9.80 Å². The Labute approximate surface area is 180 Å². The molecular formula is C24H27F3N2O2. The van der Waals surface area contributed by atoms with E-state index in [1.807, 2.05) is 32.9 Å². The van der Waals surface area contributed by atoms with Crippen molar-refractivity contribution in [3.05, 3.63) is 64.7 Å². The molecule has 0 spiro atoms. The van der Waals surface area contributed by atoms with Gasteiger partial charge in [-0.25, -0.2) is 0 Å². The third-order valence-corrected chi connectivity index (χ3v) is 5.82. The predicted octanol–water partition coefficient (Wildman–Crippen LogP) is 5.23. The van der Waals surface area contributed by atoms with E-state index in [0.717, 1.165) is 28.9 Å². The number of hydrogen-bond acceptors (Lipinski definition) is 2. The number of rotatable bonds is 4. The van der Waals surface area contributed by atoms with E-state index in [1.54, 1.807) is 9.80 Å². The highest BCUT2D eigenvalue weighted by Crippen LogP contribution is 2.30. The van der Waals surface area contributed by atoms with E-state index in [0.29, 0.717) is 32.5 Å².